The summed E-state index contributed by atoms with van der Waals surface area (Å²) < 4.78 is 11.5. The molecule has 1 heterocycles. The molecule has 0 amide bonds. The van der Waals surface area contributed by atoms with Gasteiger partial charge in [-0.25, -0.2) is 0 Å². The van der Waals surface area contributed by atoms with Gasteiger partial charge in [0.2, 0.25) is 0 Å². The second-order valence-corrected chi connectivity index (χ2v) is 6.22. The largest absolute Gasteiger partial charge is 0.462 e. The van der Waals surface area contributed by atoms with Crippen LogP contribution >= 0.6 is 0 Å². The van der Waals surface area contributed by atoms with E-state index in [2.05, 4.69) is 38.2 Å². The van der Waals surface area contributed by atoms with Crippen molar-refractivity contribution in [3.8, 4) is 0 Å². The normalized spacial score (nSPS) is 16.3. The van der Waals surface area contributed by atoms with Crippen LogP contribution in [-0.4, -0.2) is 37.2 Å². The van der Waals surface area contributed by atoms with Crippen LogP contribution in [0.2, 0.25) is 0 Å². The molecule has 0 saturated heterocycles. The third-order valence-electron chi connectivity index (χ3n) is 3.77. The lowest BCUT2D eigenvalue weighted by Gasteiger charge is -2.31. The molecule has 0 aliphatic heterocycles. The number of nitrogens with zero attached hydrogens (tertiary/aromatic N) is 1. The fourth-order valence-electron chi connectivity index (χ4n) is 1.66. The maximum Gasteiger partial charge on any atom is 0.129 e. The molecule has 0 spiro atoms. The van der Waals surface area contributed by atoms with Crippen molar-refractivity contribution >= 4 is 0 Å². The van der Waals surface area contributed by atoms with Gasteiger partial charge in [0, 0.05) is 11.6 Å². The molecule has 0 atom stereocenters. The topological polar surface area (TPSA) is 37.6 Å². The second-order valence-electron chi connectivity index (χ2n) is 6.22. The zero-order valence-corrected chi connectivity index (χ0v) is 12.5. The van der Waals surface area contributed by atoms with E-state index in [1.165, 1.54) is 12.8 Å². The lowest BCUT2D eigenvalue weighted by molar-refractivity contribution is 0.0206. The van der Waals surface area contributed by atoms with Crippen LogP contribution in [0, 0.1) is 0 Å². The molecule has 1 aliphatic rings. The van der Waals surface area contributed by atoms with Gasteiger partial charge in [-0.2, -0.15) is 0 Å². The minimum Gasteiger partial charge on any atom is -0.462 e. The summed E-state index contributed by atoms with van der Waals surface area (Å²) >= 11 is 0. The van der Waals surface area contributed by atoms with Crippen molar-refractivity contribution in [1.29, 1.82) is 0 Å². The van der Waals surface area contributed by atoms with E-state index in [4.69, 9.17) is 9.15 Å². The van der Waals surface area contributed by atoms with Gasteiger partial charge < -0.3 is 19.4 Å². The van der Waals surface area contributed by atoms with Crippen LogP contribution in [0.4, 0.5) is 0 Å². The monoisotopic (exact) mass is 266 g/mol. The van der Waals surface area contributed by atoms with Crippen LogP contribution < -0.4 is 5.32 Å². The van der Waals surface area contributed by atoms with E-state index in [1.807, 2.05) is 12.1 Å². The molecule has 0 radical (unpaired) electrons. The highest BCUT2D eigenvalue weighted by atomic mass is 16.5. The smallest absolute Gasteiger partial charge is 0.129 e. The summed E-state index contributed by atoms with van der Waals surface area (Å²) in [5, 5.41) is 3.44. The summed E-state index contributed by atoms with van der Waals surface area (Å²) in [6.07, 6.45) is 2.60. The number of ether oxygens (including phenoxy) is 1. The van der Waals surface area contributed by atoms with E-state index < -0.39 is 0 Å². The van der Waals surface area contributed by atoms with Gasteiger partial charge in [0.25, 0.3) is 0 Å². The SMILES string of the molecule is CN(C)C(C)(C)COCc1ccc(CNC2CC2)o1. The number of hydrogen-bond donors (Lipinski definition) is 1. The third-order valence-corrected chi connectivity index (χ3v) is 3.77. The van der Waals surface area contributed by atoms with Crippen LogP contribution in [0.1, 0.15) is 38.2 Å². The molecular weight excluding hydrogens is 240 g/mol. The maximum absolute atomic E-state index is 5.74. The van der Waals surface area contributed by atoms with Crippen molar-refractivity contribution < 1.29 is 9.15 Å². The predicted octanol–water partition coefficient (Wildman–Crippen LogP) is 2.39. The Labute approximate surface area is 116 Å². The van der Waals surface area contributed by atoms with Gasteiger partial charge in [-0.05, 0) is 52.9 Å². The molecule has 1 aromatic rings. The molecule has 19 heavy (non-hydrogen) atoms. The van der Waals surface area contributed by atoms with E-state index >= 15 is 0 Å². The summed E-state index contributed by atoms with van der Waals surface area (Å²) in [6.45, 7) is 6.39. The molecule has 108 valence electrons. The van der Waals surface area contributed by atoms with Crippen molar-refractivity contribution in [3.63, 3.8) is 0 Å². The Morgan fingerprint density at radius 1 is 1.32 bits per heavy atom. The summed E-state index contributed by atoms with van der Waals surface area (Å²) in [5.41, 5.74) is 0.0446. The average Bonchev–Trinajstić information content (AvgIpc) is 3.06. The molecule has 0 bridgehead atoms. The van der Waals surface area contributed by atoms with Gasteiger partial charge >= 0.3 is 0 Å². The molecule has 1 aromatic heterocycles. The quantitative estimate of drug-likeness (QED) is 0.784. The number of hydrogen-bond acceptors (Lipinski definition) is 4. The first-order valence-corrected chi connectivity index (χ1v) is 7.03. The highest BCUT2D eigenvalue weighted by Crippen LogP contribution is 2.20. The van der Waals surface area contributed by atoms with E-state index in [9.17, 15) is 0 Å². The molecule has 1 aliphatic carbocycles. The Bertz CT molecular complexity index is 395. The Morgan fingerprint density at radius 3 is 2.63 bits per heavy atom. The average molecular weight is 266 g/mol. The summed E-state index contributed by atoms with van der Waals surface area (Å²) in [6, 6.07) is 4.75. The minimum absolute atomic E-state index is 0.0446. The van der Waals surface area contributed by atoms with E-state index in [-0.39, 0.29) is 5.54 Å². The van der Waals surface area contributed by atoms with Gasteiger partial charge in [0.05, 0.1) is 13.2 Å². The summed E-state index contributed by atoms with van der Waals surface area (Å²) in [7, 11) is 4.13. The van der Waals surface area contributed by atoms with Gasteiger partial charge in [-0.3, -0.25) is 0 Å². The molecule has 0 aromatic carbocycles. The Kier molecular flexibility index (Phi) is 4.66. The van der Waals surface area contributed by atoms with Gasteiger partial charge in [0.1, 0.15) is 18.1 Å². The van der Waals surface area contributed by atoms with Crippen LogP contribution in [0.3, 0.4) is 0 Å². The van der Waals surface area contributed by atoms with Crippen molar-refractivity contribution in [3.05, 3.63) is 23.7 Å². The molecule has 0 unspecified atom stereocenters. The molecule has 1 fully saturated rings. The van der Waals surface area contributed by atoms with E-state index in [0.717, 1.165) is 18.1 Å². The lowest BCUT2D eigenvalue weighted by atomic mass is 10.1. The number of furan rings is 1. The fraction of sp³-hybridized carbons (Fsp3) is 0.733. The van der Waals surface area contributed by atoms with Gasteiger partial charge in [-0.1, -0.05) is 0 Å². The summed E-state index contributed by atoms with van der Waals surface area (Å²) in [4.78, 5) is 2.17. The lowest BCUT2D eigenvalue weighted by Crippen LogP contribution is -2.42. The molecule has 1 saturated carbocycles. The Hall–Kier alpha value is -0.840. The van der Waals surface area contributed by atoms with Crippen molar-refractivity contribution in [2.75, 3.05) is 20.7 Å². The third kappa shape index (κ3) is 4.64. The first kappa shape index (κ1) is 14.6. The van der Waals surface area contributed by atoms with Crippen LogP contribution in [-0.2, 0) is 17.9 Å². The Morgan fingerprint density at radius 2 is 2.00 bits per heavy atom. The molecule has 4 nitrogen and oxygen atoms in total. The van der Waals surface area contributed by atoms with Crippen LogP contribution in [0.15, 0.2) is 16.5 Å². The minimum atomic E-state index is 0.0446. The zero-order valence-electron chi connectivity index (χ0n) is 12.5. The van der Waals surface area contributed by atoms with Crippen LogP contribution in [0.5, 0.6) is 0 Å². The number of nitrogens with one attached hydrogen (secondary N) is 1. The van der Waals surface area contributed by atoms with Crippen molar-refractivity contribution in [1.82, 2.24) is 10.2 Å². The van der Waals surface area contributed by atoms with Crippen molar-refractivity contribution in [2.45, 2.75) is 51.4 Å². The molecular formula is C15H26N2O2. The van der Waals surface area contributed by atoms with E-state index in [1.54, 1.807) is 0 Å². The first-order valence-electron chi connectivity index (χ1n) is 7.03. The predicted molar refractivity (Wildman–Crippen MR) is 76.0 cm³/mol. The van der Waals surface area contributed by atoms with Crippen LogP contribution in [0.25, 0.3) is 0 Å². The highest BCUT2D eigenvalue weighted by molar-refractivity contribution is 5.06. The van der Waals surface area contributed by atoms with E-state index in [0.29, 0.717) is 19.3 Å². The molecule has 2 rings (SSSR count). The highest BCUT2D eigenvalue weighted by Gasteiger charge is 2.21. The number of rotatable bonds is 8. The number of likely N-dealkylation sites (N-methyl/N-ethyl adjacent to an activating group) is 1. The second kappa shape index (κ2) is 6.07. The van der Waals surface area contributed by atoms with Gasteiger partial charge in [-0.15, -0.1) is 0 Å². The molecule has 1 N–H and O–H groups in total. The first-order chi connectivity index (χ1) is 8.97. The Balaban J connectivity index is 1.70. The zero-order chi connectivity index (χ0) is 13.9. The standard InChI is InChI=1S/C15H26N2O2/c1-15(2,17(3)4)11-18-10-14-8-7-13(19-14)9-16-12-5-6-12/h7-8,12,16H,5-6,9-11H2,1-4H3. The molecule has 4 heteroatoms. The van der Waals surface area contributed by atoms with Gasteiger partial charge in [0.15, 0.2) is 0 Å². The fourth-order valence-corrected chi connectivity index (χ4v) is 1.66. The maximum atomic E-state index is 5.74. The van der Waals surface area contributed by atoms with Crippen molar-refractivity contribution in [2.24, 2.45) is 0 Å². The summed E-state index contributed by atoms with van der Waals surface area (Å²) in [5.74, 6) is 1.90.